The van der Waals surface area contributed by atoms with Crippen LogP contribution in [-0.4, -0.2) is 20.0 Å². The van der Waals surface area contributed by atoms with Gasteiger partial charge >= 0.3 is 0 Å². The Balaban J connectivity index is 2.93. The summed E-state index contributed by atoms with van der Waals surface area (Å²) in [6, 6.07) is 7.08. The number of benzene rings is 1. The van der Waals surface area contributed by atoms with Crippen LogP contribution in [0.4, 0.5) is 0 Å². The zero-order chi connectivity index (χ0) is 11.8. The van der Waals surface area contributed by atoms with Crippen LogP contribution in [0.15, 0.2) is 24.3 Å². The van der Waals surface area contributed by atoms with Gasteiger partial charge in [-0.15, -0.1) is 0 Å². The summed E-state index contributed by atoms with van der Waals surface area (Å²) < 4.78 is 10.3. The molecule has 0 aliphatic rings. The second kappa shape index (κ2) is 6.25. The van der Waals surface area contributed by atoms with E-state index in [9.17, 15) is 4.79 Å². The van der Waals surface area contributed by atoms with Gasteiger partial charge in [0.05, 0.1) is 7.11 Å². The van der Waals surface area contributed by atoms with Crippen molar-refractivity contribution in [3.8, 4) is 17.6 Å². The number of hydrogen-bond acceptors (Lipinski definition) is 4. The summed E-state index contributed by atoms with van der Waals surface area (Å²) in [6.45, 7) is -0.0279. The molecule has 0 saturated carbocycles. The van der Waals surface area contributed by atoms with Crippen LogP contribution in [-0.2, 0) is 4.79 Å². The topological polar surface area (TPSA) is 59.3 Å². The minimum absolute atomic E-state index is 0.0279. The van der Waals surface area contributed by atoms with Crippen molar-refractivity contribution in [2.24, 2.45) is 0 Å². The van der Waals surface area contributed by atoms with Crippen molar-refractivity contribution in [2.45, 2.75) is 0 Å². The van der Waals surface area contributed by atoms with Gasteiger partial charge in [0, 0.05) is 0 Å². The molecule has 0 atom stereocenters. The molecule has 82 valence electrons. The highest BCUT2D eigenvalue weighted by Gasteiger charge is 2.03. The Morgan fingerprint density at radius 3 is 2.88 bits per heavy atom. The van der Waals surface area contributed by atoms with Gasteiger partial charge in [0.25, 0.3) is 0 Å². The zero-order valence-electron chi connectivity index (χ0n) is 8.84. The number of aldehydes is 1. The van der Waals surface area contributed by atoms with Gasteiger partial charge in [-0.2, -0.15) is 5.26 Å². The number of allylic oxidation sites excluding steroid dienone is 1. The molecule has 4 heteroatoms. The van der Waals surface area contributed by atoms with Crippen molar-refractivity contribution in [1.82, 2.24) is 0 Å². The van der Waals surface area contributed by atoms with Gasteiger partial charge < -0.3 is 9.47 Å². The minimum atomic E-state index is -0.0279. The third kappa shape index (κ3) is 3.14. The first kappa shape index (κ1) is 11.8. The Kier molecular flexibility index (Phi) is 4.61. The summed E-state index contributed by atoms with van der Waals surface area (Å²) in [6.07, 6.45) is 3.75. The molecule has 4 nitrogen and oxygen atoms in total. The normalized spacial score (nSPS) is 9.75. The lowest BCUT2D eigenvalue weighted by atomic mass is 10.2. The number of nitriles is 1. The van der Waals surface area contributed by atoms with E-state index in [1.165, 1.54) is 13.2 Å². The Labute approximate surface area is 93.7 Å². The monoisotopic (exact) mass is 217 g/mol. The van der Waals surface area contributed by atoms with Crippen LogP contribution >= 0.6 is 0 Å². The maximum absolute atomic E-state index is 10.2. The van der Waals surface area contributed by atoms with Gasteiger partial charge in [0.2, 0.25) is 0 Å². The van der Waals surface area contributed by atoms with E-state index in [4.69, 9.17) is 14.7 Å². The van der Waals surface area contributed by atoms with Crippen LogP contribution in [0.2, 0.25) is 0 Å². The molecule has 0 saturated heterocycles. The van der Waals surface area contributed by atoms with E-state index < -0.39 is 0 Å². The van der Waals surface area contributed by atoms with E-state index in [1.54, 1.807) is 24.3 Å². The molecular formula is C12H11NO3. The third-order valence-corrected chi connectivity index (χ3v) is 1.85. The Morgan fingerprint density at radius 2 is 2.25 bits per heavy atom. The van der Waals surface area contributed by atoms with Crippen molar-refractivity contribution >= 4 is 12.4 Å². The van der Waals surface area contributed by atoms with Gasteiger partial charge in [0.1, 0.15) is 12.4 Å². The molecule has 0 spiro atoms. The average molecular weight is 217 g/mol. The molecule has 16 heavy (non-hydrogen) atoms. The third-order valence-electron chi connectivity index (χ3n) is 1.85. The molecule has 0 unspecified atom stereocenters. The summed E-state index contributed by atoms with van der Waals surface area (Å²) in [7, 11) is 1.52. The highest BCUT2D eigenvalue weighted by Crippen LogP contribution is 2.28. The van der Waals surface area contributed by atoms with E-state index in [-0.39, 0.29) is 6.61 Å². The van der Waals surface area contributed by atoms with E-state index in [0.717, 1.165) is 5.56 Å². The number of methoxy groups -OCH3 is 1. The van der Waals surface area contributed by atoms with Gasteiger partial charge in [-0.3, -0.25) is 4.79 Å². The Hall–Kier alpha value is -2.28. The van der Waals surface area contributed by atoms with Crippen molar-refractivity contribution in [3.63, 3.8) is 0 Å². The average Bonchev–Trinajstić information content (AvgIpc) is 2.34. The highest BCUT2D eigenvalue weighted by molar-refractivity contribution is 5.74. The molecule has 0 amide bonds. The highest BCUT2D eigenvalue weighted by atomic mass is 16.5. The fourth-order valence-corrected chi connectivity index (χ4v) is 1.17. The van der Waals surface area contributed by atoms with Crippen LogP contribution in [0.5, 0.6) is 11.5 Å². The fourth-order valence-electron chi connectivity index (χ4n) is 1.17. The number of nitrogens with zero attached hydrogens (tertiary/aromatic N) is 1. The molecule has 0 radical (unpaired) electrons. The first-order valence-corrected chi connectivity index (χ1v) is 4.61. The smallest absolute Gasteiger partial charge is 0.174 e. The summed E-state index contributed by atoms with van der Waals surface area (Å²) >= 11 is 0. The van der Waals surface area contributed by atoms with E-state index in [2.05, 4.69) is 0 Å². The standard InChI is InChI=1S/C12H11NO3/c1-15-12-9-10(3-2-7-14)4-5-11(12)16-8-6-13/h2-5,7,9H,8H2,1H3. The predicted octanol–water partition coefficient (Wildman–Crippen LogP) is 1.81. The molecule has 0 aliphatic carbocycles. The molecule has 0 N–H and O–H groups in total. The lowest BCUT2D eigenvalue weighted by Crippen LogP contribution is -1.96. The van der Waals surface area contributed by atoms with Crippen molar-refractivity contribution in [3.05, 3.63) is 29.8 Å². The van der Waals surface area contributed by atoms with E-state index in [0.29, 0.717) is 17.8 Å². The number of hydrogen-bond donors (Lipinski definition) is 0. The number of carbonyl (C=O) groups is 1. The Bertz CT molecular complexity index is 432. The van der Waals surface area contributed by atoms with Crippen LogP contribution in [0.3, 0.4) is 0 Å². The predicted molar refractivity (Wildman–Crippen MR) is 59.2 cm³/mol. The van der Waals surface area contributed by atoms with Crippen LogP contribution < -0.4 is 9.47 Å². The molecule has 1 aromatic carbocycles. The van der Waals surface area contributed by atoms with E-state index >= 15 is 0 Å². The van der Waals surface area contributed by atoms with Crippen LogP contribution in [0.1, 0.15) is 5.56 Å². The first-order chi connectivity index (χ1) is 7.81. The van der Waals surface area contributed by atoms with Crippen molar-refractivity contribution in [2.75, 3.05) is 13.7 Å². The molecule has 1 rings (SSSR count). The maximum Gasteiger partial charge on any atom is 0.174 e. The lowest BCUT2D eigenvalue weighted by molar-refractivity contribution is -0.104. The summed E-state index contributed by atoms with van der Waals surface area (Å²) in [5.74, 6) is 1.04. The summed E-state index contributed by atoms with van der Waals surface area (Å²) in [5, 5.41) is 8.40. The SMILES string of the molecule is COc1cc(C=CC=O)ccc1OCC#N. The second-order valence-corrected chi connectivity index (χ2v) is 2.85. The number of rotatable bonds is 5. The van der Waals surface area contributed by atoms with Crippen molar-refractivity contribution in [1.29, 1.82) is 5.26 Å². The minimum Gasteiger partial charge on any atom is -0.493 e. The molecule has 0 aromatic heterocycles. The Morgan fingerprint density at radius 1 is 1.44 bits per heavy atom. The van der Waals surface area contributed by atoms with Gasteiger partial charge in [-0.05, 0) is 23.8 Å². The van der Waals surface area contributed by atoms with Gasteiger partial charge in [-0.1, -0.05) is 12.1 Å². The molecule has 0 fully saturated rings. The molecule has 0 aliphatic heterocycles. The quantitative estimate of drug-likeness (QED) is 0.557. The van der Waals surface area contributed by atoms with E-state index in [1.807, 2.05) is 6.07 Å². The van der Waals surface area contributed by atoms with Gasteiger partial charge in [0.15, 0.2) is 18.1 Å². The maximum atomic E-state index is 10.2. The fraction of sp³-hybridized carbons (Fsp3) is 0.167. The molecule has 0 bridgehead atoms. The van der Waals surface area contributed by atoms with Gasteiger partial charge in [-0.25, -0.2) is 0 Å². The largest absolute Gasteiger partial charge is 0.493 e. The van der Waals surface area contributed by atoms with Crippen LogP contribution in [0.25, 0.3) is 6.08 Å². The summed E-state index contributed by atoms with van der Waals surface area (Å²) in [4.78, 5) is 10.2. The van der Waals surface area contributed by atoms with Crippen molar-refractivity contribution < 1.29 is 14.3 Å². The molecular weight excluding hydrogens is 206 g/mol. The molecule has 1 aromatic rings. The number of carbonyl (C=O) groups excluding carboxylic acids is 1. The summed E-state index contributed by atoms with van der Waals surface area (Å²) in [5.41, 5.74) is 0.827. The number of ether oxygens (including phenoxy) is 2. The lowest BCUT2D eigenvalue weighted by Gasteiger charge is -2.08. The second-order valence-electron chi connectivity index (χ2n) is 2.85. The van der Waals surface area contributed by atoms with Crippen LogP contribution in [0, 0.1) is 11.3 Å². The molecule has 0 heterocycles. The first-order valence-electron chi connectivity index (χ1n) is 4.61. The zero-order valence-corrected chi connectivity index (χ0v) is 8.84.